The van der Waals surface area contributed by atoms with Gasteiger partial charge in [-0.1, -0.05) is 0 Å². The summed E-state index contributed by atoms with van der Waals surface area (Å²) in [5.41, 5.74) is 4.76. The number of aromatic nitrogens is 2. The number of anilines is 2. The number of benzene rings is 1. The van der Waals surface area contributed by atoms with Crippen molar-refractivity contribution in [3.8, 4) is 0 Å². The molecular weight excluding hydrogens is 282 g/mol. The number of nitrogens with two attached hydrogens (primary N) is 1. The van der Waals surface area contributed by atoms with E-state index in [0.717, 1.165) is 12.1 Å². The Bertz CT molecular complexity index is 658. The van der Waals surface area contributed by atoms with Crippen LogP contribution in [0.25, 0.3) is 0 Å². The average molecular weight is 296 g/mol. The molecule has 6 nitrogen and oxygen atoms in total. The Morgan fingerprint density at radius 3 is 2.95 bits per heavy atom. The highest BCUT2D eigenvalue weighted by Gasteiger charge is 2.16. The zero-order valence-electron chi connectivity index (χ0n) is 11.3. The van der Waals surface area contributed by atoms with Crippen molar-refractivity contribution in [1.29, 1.82) is 0 Å². The molecule has 0 unspecified atom stereocenters. The zero-order chi connectivity index (χ0) is 15.4. The number of carbonyl (C=O) groups excluding carboxylic acids is 1. The second-order valence-electron chi connectivity index (χ2n) is 4.30. The number of nitrogens with one attached hydrogen (secondary N) is 1. The fourth-order valence-electron chi connectivity index (χ4n) is 1.71. The molecule has 21 heavy (non-hydrogen) atoms. The molecule has 0 aliphatic carbocycles. The molecular formula is C13H14F2N4O2. The largest absolute Gasteiger partial charge is 0.396 e. The van der Waals surface area contributed by atoms with Gasteiger partial charge in [-0.15, -0.1) is 0 Å². The number of ether oxygens (including phenoxy) is 1. The van der Waals surface area contributed by atoms with Gasteiger partial charge in [0.1, 0.15) is 5.82 Å². The monoisotopic (exact) mass is 296 g/mol. The molecule has 1 heterocycles. The molecule has 0 atom stereocenters. The Morgan fingerprint density at radius 2 is 2.24 bits per heavy atom. The van der Waals surface area contributed by atoms with Gasteiger partial charge in [0, 0.05) is 13.3 Å². The quantitative estimate of drug-likeness (QED) is 0.822. The summed E-state index contributed by atoms with van der Waals surface area (Å²) in [6.45, 7) is 0.970. The molecule has 0 saturated carbocycles. The molecule has 0 aliphatic rings. The Labute approximate surface area is 119 Å². The molecule has 3 N–H and O–H groups in total. The highest BCUT2D eigenvalue weighted by atomic mass is 19.1. The van der Waals surface area contributed by atoms with Gasteiger partial charge in [-0.05, 0) is 12.1 Å². The third-order valence-electron chi connectivity index (χ3n) is 2.73. The summed E-state index contributed by atoms with van der Waals surface area (Å²) in [4.78, 5) is 11.9. The Balaban J connectivity index is 2.13. The van der Waals surface area contributed by atoms with Gasteiger partial charge in [-0.3, -0.25) is 9.48 Å². The van der Waals surface area contributed by atoms with Crippen LogP contribution in [0.2, 0.25) is 0 Å². The molecule has 2 aromatic rings. The highest BCUT2D eigenvalue weighted by Crippen LogP contribution is 2.18. The number of nitrogen functional groups attached to an aromatic ring is 1. The molecule has 112 valence electrons. The normalized spacial score (nSPS) is 10.6. The van der Waals surface area contributed by atoms with Gasteiger partial charge in [0.15, 0.2) is 5.82 Å². The van der Waals surface area contributed by atoms with Gasteiger partial charge < -0.3 is 15.8 Å². The number of nitrogens with zero attached hydrogens (tertiary/aromatic N) is 2. The van der Waals surface area contributed by atoms with E-state index in [9.17, 15) is 13.6 Å². The van der Waals surface area contributed by atoms with E-state index in [-0.39, 0.29) is 0 Å². The summed E-state index contributed by atoms with van der Waals surface area (Å²) in [6, 6.07) is 1.60. The van der Waals surface area contributed by atoms with E-state index in [0.29, 0.717) is 18.8 Å². The smallest absolute Gasteiger partial charge is 0.258 e. The number of rotatable bonds is 5. The maximum atomic E-state index is 13.7. The van der Waals surface area contributed by atoms with Crippen molar-refractivity contribution < 1.29 is 18.3 Å². The Morgan fingerprint density at radius 1 is 1.48 bits per heavy atom. The van der Waals surface area contributed by atoms with Gasteiger partial charge in [0.05, 0.1) is 36.3 Å². The summed E-state index contributed by atoms with van der Waals surface area (Å²) < 4.78 is 33.4. The number of carbonyl (C=O) groups is 1. The van der Waals surface area contributed by atoms with Crippen molar-refractivity contribution in [3.63, 3.8) is 0 Å². The molecule has 0 spiro atoms. The zero-order valence-corrected chi connectivity index (χ0v) is 11.3. The molecule has 0 bridgehead atoms. The molecule has 1 aromatic carbocycles. The van der Waals surface area contributed by atoms with Crippen molar-refractivity contribution in [2.75, 3.05) is 24.8 Å². The van der Waals surface area contributed by atoms with Crippen molar-refractivity contribution in [2.24, 2.45) is 0 Å². The van der Waals surface area contributed by atoms with Crippen LogP contribution < -0.4 is 11.1 Å². The summed E-state index contributed by atoms with van der Waals surface area (Å²) in [7, 11) is 1.56. The maximum absolute atomic E-state index is 13.7. The lowest BCUT2D eigenvalue weighted by molar-refractivity contribution is 0.102. The minimum absolute atomic E-state index is 0.360. The van der Waals surface area contributed by atoms with Crippen LogP contribution >= 0.6 is 0 Å². The lowest BCUT2D eigenvalue weighted by atomic mass is 10.1. The lowest BCUT2D eigenvalue weighted by Gasteiger charge is -2.06. The summed E-state index contributed by atoms with van der Waals surface area (Å²) >= 11 is 0. The van der Waals surface area contributed by atoms with Crippen LogP contribution in [-0.4, -0.2) is 29.4 Å². The van der Waals surface area contributed by atoms with Crippen molar-refractivity contribution >= 4 is 17.3 Å². The molecule has 0 saturated heterocycles. The van der Waals surface area contributed by atoms with Crippen molar-refractivity contribution in [3.05, 3.63) is 41.7 Å². The Kier molecular flexibility index (Phi) is 4.49. The number of hydrogen-bond donors (Lipinski definition) is 2. The minimum Gasteiger partial charge on any atom is -0.396 e. The van der Waals surface area contributed by atoms with Gasteiger partial charge in [0.2, 0.25) is 0 Å². The van der Waals surface area contributed by atoms with Crippen molar-refractivity contribution in [2.45, 2.75) is 6.54 Å². The molecule has 1 aromatic heterocycles. The number of halogens is 2. The predicted molar refractivity (Wildman–Crippen MR) is 72.8 cm³/mol. The van der Waals surface area contributed by atoms with E-state index in [4.69, 9.17) is 10.5 Å². The van der Waals surface area contributed by atoms with E-state index in [2.05, 4.69) is 10.4 Å². The van der Waals surface area contributed by atoms with Crippen LogP contribution in [0.15, 0.2) is 24.5 Å². The van der Waals surface area contributed by atoms with E-state index < -0.39 is 28.8 Å². The third kappa shape index (κ3) is 3.54. The van der Waals surface area contributed by atoms with Crippen LogP contribution in [-0.2, 0) is 11.3 Å². The van der Waals surface area contributed by atoms with Crippen LogP contribution in [0.3, 0.4) is 0 Å². The molecule has 0 aliphatic heterocycles. The fourth-order valence-corrected chi connectivity index (χ4v) is 1.71. The standard InChI is InChI=1S/C13H14F2N4O2/c1-21-3-2-19-7-9(6-17-19)18-13(20)10-4-8(14)5-11(16)12(10)15/h4-7H,2-3,16H2,1H3,(H,18,20). The predicted octanol–water partition coefficient (Wildman–Crippen LogP) is 1.64. The van der Waals surface area contributed by atoms with Crippen molar-refractivity contribution in [1.82, 2.24) is 9.78 Å². The van der Waals surface area contributed by atoms with Gasteiger partial charge >= 0.3 is 0 Å². The second kappa shape index (κ2) is 6.31. The molecule has 8 heteroatoms. The maximum Gasteiger partial charge on any atom is 0.258 e. The van der Waals surface area contributed by atoms with Crippen LogP contribution in [0.4, 0.5) is 20.2 Å². The van der Waals surface area contributed by atoms with E-state index in [1.54, 1.807) is 18.0 Å². The topological polar surface area (TPSA) is 82.2 Å². The number of hydrogen-bond acceptors (Lipinski definition) is 4. The Hall–Kier alpha value is -2.48. The number of amides is 1. The van der Waals surface area contributed by atoms with E-state index in [1.165, 1.54) is 6.20 Å². The molecule has 1 amide bonds. The second-order valence-corrected chi connectivity index (χ2v) is 4.30. The third-order valence-corrected chi connectivity index (χ3v) is 2.73. The molecule has 0 radical (unpaired) electrons. The first-order valence-electron chi connectivity index (χ1n) is 6.08. The molecule has 2 rings (SSSR count). The average Bonchev–Trinajstić information content (AvgIpc) is 2.87. The first-order chi connectivity index (χ1) is 10.0. The lowest BCUT2D eigenvalue weighted by Crippen LogP contribution is -2.15. The van der Waals surface area contributed by atoms with Crippen LogP contribution in [0.1, 0.15) is 10.4 Å². The van der Waals surface area contributed by atoms with E-state index >= 15 is 0 Å². The van der Waals surface area contributed by atoms with Gasteiger partial charge in [-0.25, -0.2) is 8.78 Å². The summed E-state index contributed by atoms with van der Waals surface area (Å²) in [5.74, 6) is -2.54. The first-order valence-corrected chi connectivity index (χ1v) is 6.08. The highest BCUT2D eigenvalue weighted by molar-refractivity contribution is 6.04. The van der Waals surface area contributed by atoms with Gasteiger partial charge in [0.25, 0.3) is 5.91 Å². The molecule has 0 fully saturated rings. The van der Waals surface area contributed by atoms with E-state index in [1.807, 2.05) is 0 Å². The fraction of sp³-hybridized carbons (Fsp3) is 0.231. The number of methoxy groups -OCH3 is 1. The summed E-state index contributed by atoms with van der Waals surface area (Å²) in [6.07, 6.45) is 2.95. The minimum atomic E-state index is -0.958. The SMILES string of the molecule is COCCn1cc(NC(=O)c2cc(F)cc(N)c2F)cn1. The van der Waals surface area contributed by atoms with Gasteiger partial charge in [-0.2, -0.15) is 5.10 Å². The summed E-state index contributed by atoms with van der Waals surface area (Å²) in [5, 5.41) is 6.41. The van der Waals surface area contributed by atoms with Crippen LogP contribution in [0.5, 0.6) is 0 Å². The van der Waals surface area contributed by atoms with Crippen LogP contribution in [0, 0.1) is 11.6 Å². The first kappa shape index (κ1) is 14.9.